The fourth-order valence-corrected chi connectivity index (χ4v) is 4.41. The number of nitrogens with zero attached hydrogens (tertiary/aromatic N) is 1. The number of piperidine rings is 1. The van der Waals surface area contributed by atoms with Crippen LogP contribution in [0, 0.1) is 20.8 Å². The van der Waals surface area contributed by atoms with Gasteiger partial charge in [-0.15, -0.1) is 0 Å². The molecule has 3 aromatic rings. The number of rotatable bonds is 8. The maximum atomic E-state index is 6.00. The van der Waals surface area contributed by atoms with Gasteiger partial charge in [-0.2, -0.15) is 5.06 Å². The summed E-state index contributed by atoms with van der Waals surface area (Å²) in [5.74, 6) is 0. The molecule has 0 amide bonds. The second-order valence-electron chi connectivity index (χ2n) is 8.91. The highest BCUT2D eigenvalue weighted by molar-refractivity contribution is 5.50. The van der Waals surface area contributed by atoms with Crippen LogP contribution in [0.25, 0.3) is 0 Å². The van der Waals surface area contributed by atoms with Gasteiger partial charge in [0.1, 0.15) is 12.3 Å². The van der Waals surface area contributed by atoms with Gasteiger partial charge in [-0.3, -0.25) is 4.84 Å². The van der Waals surface area contributed by atoms with Gasteiger partial charge in [-0.25, -0.2) is 10.9 Å². The van der Waals surface area contributed by atoms with Crippen LogP contribution in [0.1, 0.15) is 52.6 Å². The molecule has 3 aromatic carbocycles. The van der Waals surface area contributed by atoms with Crippen LogP contribution in [-0.2, 0) is 10.4 Å². The van der Waals surface area contributed by atoms with Gasteiger partial charge in [0.25, 0.3) is 0 Å². The molecule has 0 aliphatic carbocycles. The van der Waals surface area contributed by atoms with Crippen molar-refractivity contribution in [3.63, 3.8) is 0 Å². The fourth-order valence-electron chi connectivity index (χ4n) is 4.41. The van der Waals surface area contributed by atoms with Gasteiger partial charge in [-0.1, -0.05) is 95.9 Å². The second kappa shape index (κ2) is 10.4. The highest BCUT2D eigenvalue weighted by Gasteiger charge is 2.36. The number of hydroxylamine groups is 2. The molecule has 1 fully saturated rings. The van der Waals surface area contributed by atoms with E-state index in [2.05, 4.69) is 109 Å². The first-order chi connectivity index (χ1) is 15.6. The van der Waals surface area contributed by atoms with E-state index in [0.29, 0.717) is 6.73 Å². The molecular weight excluding hydrogens is 394 g/mol. The highest BCUT2D eigenvalue weighted by Crippen LogP contribution is 2.37. The van der Waals surface area contributed by atoms with E-state index in [0.717, 1.165) is 13.1 Å². The largest absolute Gasteiger partial charge is 0.282 e. The van der Waals surface area contributed by atoms with Crippen molar-refractivity contribution in [3.05, 3.63) is 106 Å². The zero-order valence-electron chi connectivity index (χ0n) is 19.5. The number of hydrazine groups is 1. The topological polar surface area (TPSA) is 36.5 Å². The Balaban J connectivity index is 1.70. The van der Waals surface area contributed by atoms with Gasteiger partial charge in [0.2, 0.25) is 0 Å². The van der Waals surface area contributed by atoms with Crippen molar-refractivity contribution in [1.82, 2.24) is 15.9 Å². The summed E-state index contributed by atoms with van der Waals surface area (Å²) in [7, 11) is 0. The molecule has 4 nitrogen and oxygen atoms in total. The first-order valence-corrected chi connectivity index (χ1v) is 11.7. The molecule has 0 saturated carbocycles. The van der Waals surface area contributed by atoms with Gasteiger partial charge in [0, 0.05) is 13.1 Å². The van der Waals surface area contributed by atoms with Crippen molar-refractivity contribution in [2.75, 3.05) is 19.8 Å². The average molecular weight is 430 g/mol. The Bertz CT molecular complexity index is 864. The summed E-state index contributed by atoms with van der Waals surface area (Å²) in [5, 5.41) is 2.07. The fraction of sp³-hybridized carbons (Fsp3) is 0.357. The zero-order chi connectivity index (χ0) is 22.4. The second-order valence-corrected chi connectivity index (χ2v) is 8.91. The smallest absolute Gasteiger partial charge is 0.131 e. The zero-order valence-corrected chi connectivity index (χ0v) is 19.5. The lowest BCUT2D eigenvalue weighted by molar-refractivity contribution is -0.177. The highest BCUT2D eigenvalue weighted by atomic mass is 16.7. The monoisotopic (exact) mass is 429 g/mol. The van der Waals surface area contributed by atoms with Crippen LogP contribution in [0.3, 0.4) is 0 Å². The van der Waals surface area contributed by atoms with Gasteiger partial charge < -0.3 is 0 Å². The quantitative estimate of drug-likeness (QED) is 0.218. The number of nitrogens with one attached hydrogen (secondary N) is 2. The van der Waals surface area contributed by atoms with Crippen molar-refractivity contribution in [2.24, 2.45) is 0 Å². The average Bonchev–Trinajstić information content (AvgIpc) is 2.82. The van der Waals surface area contributed by atoms with Crippen LogP contribution in [0.4, 0.5) is 0 Å². The molecule has 1 aliphatic rings. The van der Waals surface area contributed by atoms with E-state index in [4.69, 9.17) is 4.84 Å². The minimum Gasteiger partial charge on any atom is -0.282 e. The third-order valence-corrected chi connectivity index (χ3v) is 6.36. The predicted molar refractivity (Wildman–Crippen MR) is 131 cm³/mol. The van der Waals surface area contributed by atoms with Crippen molar-refractivity contribution in [3.8, 4) is 0 Å². The Labute approximate surface area is 192 Å². The van der Waals surface area contributed by atoms with Crippen LogP contribution in [0.5, 0.6) is 0 Å². The Kier molecular flexibility index (Phi) is 7.38. The number of hydrogen-bond acceptors (Lipinski definition) is 4. The van der Waals surface area contributed by atoms with Crippen LogP contribution < -0.4 is 10.9 Å². The lowest BCUT2D eigenvalue weighted by atomic mass is 9.77. The SMILES string of the molecule is Cc1ccc(C(NNCON2CCCCC2)(c2ccc(C)cc2)c2ccc(C)cc2)cc1. The van der Waals surface area contributed by atoms with Gasteiger partial charge in [-0.05, 0) is 50.3 Å². The summed E-state index contributed by atoms with van der Waals surface area (Å²) in [4.78, 5) is 6.00. The molecule has 4 rings (SSSR count). The van der Waals surface area contributed by atoms with E-state index in [1.807, 2.05) is 0 Å². The van der Waals surface area contributed by atoms with Crippen molar-refractivity contribution in [1.29, 1.82) is 0 Å². The molecule has 1 aliphatic heterocycles. The summed E-state index contributed by atoms with van der Waals surface area (Å²) >= 11 is 0. The van der Waals surface area contributed by atoms with Crippen LogP contribution in [-0.4, -0.2) is 24.9 Å². The maximum Gasteiger partial charge on any atom is 0.131 e. The summed E-state index contributed by atoms with van der Waals surface area (Å²) in [6.07, 6.45) is 3.70. The maximum absolute atomic E-state index is 6.00. The Morgan fingerprint density at radius 1 is 0.656 bits per heavy atom. The molecule has 32 heavy (non-hydrogen) atoms. The van der Waals surface area contributed by atoms with E-state index in [1.165, 1.54) is 52.6 Å². The molecule has 0 atom stereocenters. The van der Waals surface area contributed by atoms with Crippen LogP contribution >= 0.6 is 0 Å². The van der Waals surface area contributed by atoms with Gasteiger partial charge in [0.15, 0.2) is 0 Å². The van der Waals surface area contributed by atoms with E-state index in [-0.39, 0.29) is 0 Å². The minimum absolute atomic E-state index is 0.408. The van der Waals surface area contributed by atoms with Crippen molar-refractivity contribution < 1.29 is 4.84 Å². The lowest BCUT2D eigenvalue weighted by Gasteiger charge is -2.37. The Hall–Kier alpha value is -2.50. The predicted octanol–water partition coefficient (Wildman–Crippen LogP) is 5.37. The summed E-state index contributed by atoms with van der Waals surface area (Å²) in [6.45, 7) is 8.79. The summed E-state index contributed by atoms with van der Waals surface area (Å²) in [6, 6.07) is 26.4. The summed E-state index contributed by atoms with van der Waals surface area (Å²) < 4.78 is 0. The van der Waals surface area contributed by atoms with E-state index >= 15 is 0 Å². The van der Waals surface area contributed by atoms with Crippen molar-refractivity contribution >= 4 is 0 Å². The van der Waals surface area contributed by atoms with Crippen molar-refractivity contribution in [2.45, 2.75) is 45.6 Å². The van der Waals surface area contributed by atoms with Gasteiger partial charge >= 0.3 is 0 Å². The Morgan fingerprint density at radius 3 is 1.47 bits per heavy atom. The standard InChI is InChI=1S/C28H35N3O/c1-22-7-13-25(14-8-22)28(26-15-9-23(2)10-16-26,27-17-11-24(3)12-18-27)30-29-21-32-31-19-5-4-6-20-31/h7-18,29-30H,4-6,19-21H2,1-3H3. The molecule has 0 bridgehead atoms. The third kappa shape index (κ3) is 5.11. The molecule has 4 heteroatoms. The third-order valence-electron chi connectivity index (χ3n) is 6.36. The first kappa shape index (κ1) is 22.7. The molecule has 0 spiro atoms. The summed E-state index contributed by atoms with van der Waals surface area (Å²) in [5.41, 5.74) is 13.8. The van der Waals surface area contributed by atoms with Crippen LogP contribution in [0.15, 0.2) is 72.8 Å². The molecule has 0 aromatic heterocycles. The Morgan fingerprint density at radius 2 is 1.06 bits per heavy atom. The molecule has 2 N–H and O–H groups in total. The van der Waals surface area contributed by atoms with E-state index < -0.39 is 5.54 Å². The molecule has 168 valence electrons. The molecule has 0 unspecified atom stereocenters. The van der Waals surface area contributed by atoms with Gasteiger partial charge in [0.05, 0.1) is 0 Å². The molecule has 1 saturated heterocycles. The van der Waals surface area contributed by atoms with E-state index in [1.54, 1.807) is 0 Å². The molecular formula is C28H35N3O. The first-order valence-electron chi connectivity index (χ1n) is 11.7. The normalized spacial score (nSPS) is 15.1. The van der Waals surface area contributed by atoms with Crippen LogP contribution in [0.2, 0.25) is 0 Å². The number of hydrogen-bond donors (Lipinski definition) is 2. The number of benzene rings is 3. The minimum atomic E-state index is -0.555. The van der Waals surface area contributed by atoms with E-state index in [9.17, 15) is 0 Å². The number of aryl methyl sites for hydroxylation is 3. The molecule has 0 radical (unpaired) electrons. The molecule has 1 heterocycles. The lowest BCUT2D eigenvalue weighted by Crippen LogP contribution is -2.53.